The van der Waals surface area contributed by atoms with Crippen LogP contribution in [0.2, 0.25) is 0 Å². The first kappa shape index (κ1) is 18.4. The lowest BCUT2D eigenvalue weighted by Gasteiger charge is -2.26. The van der Waals surface area contributed by atoms with E-state index >= 15 is 0 Å². The van der Waals surface area contributed by atoms with Crippen molar-refractivity contribution >= 4 is 5.91 Å². The van der Waals surface area contributed by atoms with E-state index in [0.717, 1.165) is 59.7 Å². The van der Waals surface area contributed by atoms with Gasteiger partial charge in [0.25, 0.3) is 5.91 Å². The van der Waals surface area contributed by atoms with E-state index in [1.807, 2.05) is 49.3 Å². The third kappa shape index (κ3) is 3.57. The summed E-state index contributed by atoms with van der Waals surface area (Å²) >= 11 is 0. The molecule has 4 rings (SSSR count). The molecule has 1 fully saturated rings. The highest BCUT2D eigenvalue weighted by Crippen LogP contribution is 2.33. The molecule has 1 aliphatic rings. The molecule has 1 aliphatic heterocycles. The van der Waals surface area contributed by atoms with Gasteiger partial charge < -0.3 is 9.47 Å². The van der Waals surface area contributed by atoms with E-state index in [2.05, 4.69) is 28.6 Å². The van der Waals surface area contributed by atoms with E-state index in [0.29, 0.717) is 0 Å². The van der Waals surface area contributed by atoms with Crippen LogP contribution in [0.15, 0.2) is 48.9 Å². The van der Waals surface area contributed by atoms with Gasteiger partial charge in [0.1, 0.15) is 5.82 Å². The molecule has 3 aromatic rings. The van der Waals surface area contributed by atoms with Crippen LogP contribution in [0.3, 0.4) is 0 Å². The standard InChI is InChI=1S/C23H26N4O/c1-16-10-17(2)12-20(11-16)23(28)26-9-5-7-21(26)22-25-13-18(3)27(22)15-19-6-4-8-24-14-19/h4,6,8,10-14,21H,5,7,9,15H2,1-3H3. The van der Waals surface area contributed by atoms with Crippen molar-refractivity contribution in [2.24, 2.45) is 0 Å². The number of carbonyl (C=O) groups is 1. The molecule has 1 atom stereocenters. The van der Waals surface area contributed by atoms with Gasteiger partial charge in [0.15, 0.2) is 0 Å². The predicted molar refractivity (Wildman–Crippen MR) is 109 cm³/mol. The first-order valence-corrected chi connectivity index (χ1v) is 9.83. The lowest BCUT2D eigenvalue weighted by molar-refractivity contribution is 0.0727. The fourth-order valence-corrected chi connectivity index (χ4v) is 4.17. The Morgan fingerprint density at radius 3 is 2.64 bits per heavy atom. The van der Waals surface area contributed by atoms with Crippen LogP contribution in [0.1, 0.15) is 57.5 Å². The number of amides is 1. The van der Waals surface area contributed by atoms with Crippen molar-refractivity contribution in [3.63, 3.8) is 0 Å². The second-order valence-corrected chi connectivity index (χ2v) is 7.74. The van der Waals surface area contributed by atoms with Crippen molar-refractivity contribution in [2.75, 3.05) is 6.54 Å². The summed E-state index contributed by atoms with van der Waals surface area (Å²) in [5.41, 5.74) is 5.24. The topological polar surface area (TPSA) is 51.0 Å². The zero-order valence-electron chi connectivity index (χ0n) is 16.7. The minimum absolute atomic E-state index is 0.0127. The van der Waals surface area contributed by atoms with Crippen molar-refractivity contribution < 1.29 is 4.79 Å². The van der Waals surface area contributed by atoms with E-state index in [-0.39, 0.29) is 11.9 Å². The highest BCUT2D eigenvalue weighted by Gasteiger charge is 2.34. The number of hydrogen-bond acceptors (Lipinski definition) is 3. The van der Waals surface area contributed by atoms with Gasteiger partial charge in [-0.25, -0.2) is 4.98 Å². The lowest BCUT2D eigenvalue weighted by atomic mass is 10.1. The third-order valence-electron chi connectivity index (χ3n) is 5.43. The molecule has 0 radical (unpaired) electrons. The SMILES string of the molecule is Cc1cc(C)cc(C(=O)N2CCCC2c2ncc(C)n2Cc2cccnc2)c1. The summed E-state index contributed by atoms with van der Waals surface area (Å²) in [6.45, 7) is 7.63. The van der Waals surface area contributed by atoms with Gasteiger partial charge in [-0.15, -0.1) is 0 Å². The molecule has 1 amide bonds. The number of hydrogen-bond donors (Lipinski definition) is 0. The molecule has 5 nitrogen and oxygen atoms in total. The predicted octanol–water partition coefficient (Wildman–Crippen LogP) is 4.23. The van der Waals surface area contributed by atoms with E-state index in [9.17, 15) is 4.79 Å². The highest BCUT2D eigenvalue weighted by molar-refractivity contribution is 5.95. The fraction of sp³-hybridized carbons (Fsp3) is 0.348. The quantitative estimate of drug-likeness (QED) is 0.687. The summed E-state index contributed by atoms with van der Waals surface area (Å²) in [5, 5.41) is 0. The molecule has 0 spiro atoms. The number of rotatable bonds is 4. The maximum absolute atomic E-state index is 13.3. The summed E-state index contributed by atoms with van der Waals surface area (Å²) in [5.74, 6) is 1.07. The molecular formula is C23H26N4O. The summed E-state index contributed by atoms with van der Waals surface area (Å²) in [6, 6.07) is 10.1. The number of aryl methyl sites for hydroxylation is 3. The van der Waals surface area contributed by atoms with Crippen LogP contribution in [0.5, 0.6) is 0 Å². The van der Waals surface area contributed by atoms with Gasteiger partial charge in [-0.2, -0.15) is 0 Å². The second kappa shape index (κ2) is 7.58. The number of nitrogens with zero attached hydrogens (tertiary/aromatic N) is 4. The van der Waals surface area contributed by atoms with Crippen LogP contribution < -0.4 is 0 Å². The van der Waals surface area contributed by atoms with E-state index in [1.165, 1.54) is 0 Å². The number of imidazole rings is 1. The Morgan fingerprint density at radius 2 is 1.93 bits per heavy atom. The van der Waals surface area contributed by atoms with Crippen LogP contribution in [0.4, 0.5) is 0 Å². The number of aromatic nitrogens is 3. The largest absolute Gasteiger partial charge is 0.328 e. The molecule has 5 heteroatoms. The van der Waals surface area contributed by atoms with Crippen molar-refractivity contribution in [3.8, 4) is 0 Å². The first-order chi connectivity index (χ1) is 13.5. The summed E-state index contributed by atoms with van der Waals surface area (Å²) in [7, 11) is 0. The summed E-state index contributed by atoms with van der Waals surface area (Å²) < 4.78 is 2.22. The number of pyridine rings is 1. The molecular weight excluding hydrogens is 348 g/mol. The van der Waals surface area contributed by atoms with Gasteiger partial charge in [0.2, 0.25) is 0 Å². The number of carbonyl (C=O) groups excluding carboxylic acids is 1. The molecule has 1 unspecified atom stereocenters. The normalized spacial score (nSPS) is 16.5. The summed E-state index contributed by atoms with van der Waals surface area (Å²) in [6.07, 6.45) is 7.52. The van der Waals surface area contributed by atoms with Gasteiger partial charge in [-0.05, 0) is 57.4 Å². The molecule has 0 bridgehead atoms. The van der Waals surface area contributed by atoms with Crippen LogP contribution >= 0.6 is 0 Å². The Labute approximate surface area is 166 Å². The smallest absolute Gasteiger partial charge is 0.254 e. The van der Waals surface area contributed by atoms with E-state index < -0.39 is 0 Å². The van der Waals surface area contributed by atoms with Gasteiger partial charge in [0, 0.05) is 36.4 Å². The second-order valence-electron chi connectivity index (χ2n) is 7.74. The number of likely N-dealkylation sites (tertiary alicyclic amines) is 1. The maximum Gasteiger partial charge on any atom is 0.254 e. The van der Waals surface area contributed by atoms with Gasteiger partial charge in [-0.3, -0.25) is 9.78 Å². The number of benzene rings is 1. The lowest BCUT2D eigenvalue weighted by Crippen LogP contribution is -2.32. The Bertz CT molecular complexity index is 973. The fourth-order valence-electron chi connectivity index (χ4n) is 4.17. The van der Waals surface area contributed by atoms with Gasteiger partial charge in [0.05, 0.1) is 12.6 Å². The molecule has 1 aromatic carbocycles. The molecule has 144 valence electrons. The Morgan fingerprint density at radius 1 is 1.14 bits per heavy atom. The Kier molecular flexibility index (Phi) is 4.99. The van der Waals surface area contributed by atoms with Crippen molar-refractivity contribution in [1.82, 2.24) is 19.4 Å². The van der Waals surface area contributed by atoms with Crippen LogP contribution in [0, 0.1) is 20.8 Å². The Hall–Kier alpha value is -2.95. The monoisotopic (exact) mass is 374 g/mol. The Balaban J connectivity index is 1.65. The molecule has 0 N–H and O–H groups in total. The van der Waals surface area contributed by atoms with Gasteiger partial charge in [-0.1, -0.05) is 23.3 Å². The van der Waals surface area contributed by atoms with Crippen molar-refractivity contribution in [3.05, 3.63) is 82.7 Å². The van der Waals surface area contributed by atoms with Crippen LogP contribution in [-0.4, -0.2) is 31.9 Å². The first-order valence-electron chi connectivity index (χ1n) is 9.83. The molecule has 0 aliphatic carbocycles. The minimum atomic E-state index is 0.0127. The average molecular weight is 374 g/mol. The highest BCUT2D eigenvalue weighted by atomic mass is 16.2. The zero-order valence-corrected chi connectivity index (χ0v) is 16.7. The van der Waals surface area contributed by atoms with Crippen molar-refractivity contribution in [1.29, 1.82) is 0 Å². The van der Waals surface area contributed by atoms with E-state index in [4.69, 9.17) is 4.98 Å². The third-order valence-corrected chi connectivity index (χ3v) is 5.43. The molecule has 28 heavy (non-hydrogen) atoms. The van der Waals surface area contributed by atoms with Crippen LogP contribution in [-0.2, 0) is 6.54 Å². The van der Waals surface area contributed by atoms with Gasteiger partial charge >= 0.3 is 0 Å². The summed E-state index contributed by atoms with van der Waals surface area (Å²) in [4.78, 5) is 24.2. The molecule has 1 saturated heterocycles. The molecule has 0 saturated carbocycles. The maximum atomic E-state index is 13.3. The van der Waals surface area contributed by atoms with Crippen LogP contribution in [0.25, 0.3) is 0 Å². The zero-order chi connectivity index (χ0) is 19.7. The molecule has 3 heterocycles. The minimum Gasteiger partial charge on any atom is -0.328 e. The average Bonchev–Trinajstić information content (AvgIpc) is 3.28. The van der Waals surface area contributed by atoms with E-state index in [1.54, 1.807) is 6.20 Å². The van der Waals surface area contributed by atoms with Crippen molar-refractivity contribution in [2.45, 2.75) is 46.2 Å². The molecule has 2 aromatic heterocycles.